The molecule has 0 saturated heterocycles. The fraction of sp³-hybridized carbons (Fsp3) is 0.0714. The maximum absolute atomic E-state index is 8.75. The number of aryl methyl sites for hydroxylation is 1. The van der Waals surface area contributed by atoms with E-state index >= 15 is 0 Å². The molecule has 2 rings (SSSR count). The molecule has 0 heterocycles. The minimum absolute atomic E-state index is 0.567. The Bertz CT molecular complexity index is 565. The molecule has 17 heavy (non-hydrogen) atoms. The Hall–Kier alpha value is -2.47. The summed E-state index contributed by atoms with van der Waals surface area (Å²) in [5.41, 5.74) is 10.0. The molecule has 0 spiro atoms. The van der Waals surface area contributed by atoms with E-state index in [1.807, 2.05) is 37.3 Å². The van der Waals surface area contributed by atoms with Crippen LogP contribution in [0.4, 0.5) is 17.1 Å². The lowest BCUT2D eigenvalue weighted by Crippen LogP contribution is -1.96. The van der Waals surface area contributed by atoms with Gasteiger partial charge in [-0.15, -0.1) is 0 Å². The molecule has 0 aliphatic rings. The second-order valence-electron chi connectivity index (χ2n) is 3.90. The van der Waals surface area contributed by atoms with Crippen molar-refractivity contribution in [2.24, 2.45) is 0 Å². The van der Waals surface area contributed by atoms with Crippen LogP contribution in [0.2, 0.25) is 0 Å². The summed E-state index contributed by atoms with van der Waals surface area (Å²) in [5.74, 6) is 0. The van der Waals surface area contributed by atoms with Gasteiger partial charge in [0.05, 0.1) is 23.0 Å². The summed E-state index contributed by atoms with van der Waals surface area (Å²) in [7, 11) is 0. The maximum Gasteiger partial charge on any atom is 0.0992 e. The third-order valence-corrected chi connectivity index (χ3v) is 2.51. The number of nitrogens with zero attached hydrogens (tertiary/aromatic N) is 1. The maximum atomic E-state index is 8.75. The van der Waals surface area contributed by atoms with Gasteiger partial charge in [0.2, 0.25) is 0 Å². The van der Waals surface area contributed by atoms with Crippen LogP contribution in [0, 0.1) is 18.3 Å². The van der Waals surface area contributed by atoms with Crippen molar-refractivity contribution >= 4 is 17.1 Å². The molecule has 0 aliphatic carbocycles. The van der Waals surface area contributed by atoms with Crippen molar-refractivity contribution in [1.29, 1.82) is 5.26 Å². The zero-order valence-corrected chi connectivity index (χ0v) is 9.57. The van der Waals surface area contributed by atoms with Crippen molar-refractivity contribution in [3.63, 3.8) is 0 Å². The van der Waals surface area contributed by atoms with E-state index in [2.05, 4.69) is 11.4 Å². The predicted molar refractivity (Wildman–Crippen MR) is 70.0 cm³/mol. The van der Waals surface area contributed by atoms with Crippen LogP contribution in [0.3, 0.4) is 0 Å². The van der Waals surface area contributed by atoms with Crippen LogP contribution in [0.1, 0.15) is 11.1 Å². The smallest absolute Gasteiger partial charge is 0.0992 e. The zero-order chi connectivity index (χ0) is 12.3. The molecule has 0 aromatic heterocycles. The number of benzene rings is 2. The molecule has 0 radical (unpaired) electrons. The van der Waals surface area contributed by atoms with Gasteiger partial charge in [0, 0.05) is 5.69 Å². The van der Waals surface area contributed by atoms with E-state index in [-0.39, 0.29) is 0 Å². The van der Waals surface area contributed by atoms with Crippen LogP contribution >= 0.6 is 0 Å². The lowest BCUT2D eigenvalue weighted by molar-refractivity contribution is 1.45. The van der Waals surface area contributed by atoms with Gasteiger partial charge in [0.15, 0.2) is 0 Å². The van der Waals surface area contributed by atoms with Crippen molar-refractivity contribution in [3.8, 4) is 6.07 Å². The molecule has 0 amide bonds. The fourth-order valence-corrected chi connectivity index (χ4v) is 1.54. The number of hydrogen-bond donors (Lipinski definition) is 2. The van der Waals surface area contributed by atoms with Crippen LogP contribution in [-0.2, 0) is 0 Å². The number of nitrogens with one attached hydrogen (secondary N) is 1. The Balaban J connectivity index is 2.25. The quantitative estimate of drug-likeness (QED) is 0.768. The van der Waals surface area contributed by atoms with E-state index in [9.17, 15) is 0 Å². The molecule has 2 aromatic rings. The molecular formula is C14H13N3. The standard InChI is InChI=1S/C14H13N3/c1-10-2-5-12(6-3-10)17-14-7-4-11(9-15)8-13(14)16/h2-8,17H,16H2,1H3. The summed E-state index contributed by atoms with van der Waals surface area (Å²) in [5, 5.41) is 12.0. The van der Waals surface area contributed by atoms with Crippen molar-refractivity contribution in [1.82, 2.24) is 0 Å². The molecule has 3 heteroatoms. The van der Waals surface area contributed by atoms with Crippen molar-refractivity contribution in [2.45, 2.75) is 6.92 Å². The highest BCUT2D eigenvalue weighted by Gasteiger charge is 2.01. The minimum atomic E-state index is 0.567. The first kappa shape index (κ1) is 11.0. The number of nitrogen functional groups attached to an aromatic ring is 1. The van der Waals surface area contributed by atoms with Crippen LogP contribution in [0.15, 0.2) is 42.5 Å². The van der Waals surface area contributed by atoms with Crippen molar-refractivity contribution < 1.29 is 0 Å². The van der Waals surface area contributed by atoms with Crippen LogP contribution in [-0.4, -0.2) is 0 Å². The predicted octanol–water partition coefficient (Wildman–Crippen LogP) is 3.19. The molecule has 0 bridgehead atoms. The van der Waals surface area contributed by atoms with Crippen molar-refractivity contribution in [3.05, 3.63) is 53.6 Å². The van der Waals surface area contributed by atoms with Gasteiger partial charge in [-0.05, 0) is 37.3 Å². The van der Waals surface area contributed by atoms with Crippen LogP contribution in [0.5, 0.6) is 0 Å². The largest absolute Gasteiger partial charge is 0.397 e. The molecule has 3 nitrogen and oxygen atoms in total. The number of nitrogens with two attached hydrogens (primary N) is 1. The lowest BCUT2D eigenvalue weighted by Gasteiger charge is -2.09. The normalized spacial score (nSPS) is 9.65. The number of hydrogen-bond acceptors (Lipinski definition) is 3. The fourth-order valence-electron chi connectivity index (χ4n) is 1.54. The first-order chi connectivity index (χ1) is 8.19. The Morgan fingerprint density at radius 3 is 2.41 bits per heavy atom. The molecule has 0 unspecified atom stereocenters. The molecular weight excluding hydrogens is 210 g/mol. The summed E-state index contributed by atoms with van der Waals surface area (Å²) in [6, 6.07) is 15.3. The average Bonchev–Trinajstić information content (AvgIpc) is 2.34. The van der Waals surface area contributed by atoms with Crippen LogP contribution < -0.4 is 11.1 Å². The summed E-state index contributed by atoms with van der Waals surface area (Å²) in [6.45, 7) is 2.04. The molecule has 0 saturated carbocycles. The van der Waals surface area contributed by atoms with Crippen LogP contribution in [0.25, 0.3) is 0 Å². The zero-order valence-electron chi connectivity index (χ0n) is 9.57. The average molecular weight is 223 g/mol. The Morgan fingerprint density at radius 1 is 1.12 bits per heavy atom. The third-order valence-electron chi connectivity index (χ3n) is 2.51. The van der Waals surface area contributed by atoms with Gasteiger partial charge in [-0.3, -0.25) is 0 Å². The van der Waals surface area contributed by atoms with Gasteiger partial charge in [-0.25, -0.2) is 0 Å². The van der Waals surface area contributed by atoms with E-state index in [1.165, 1.54) is 5.56 Å². The van der Waals surface area contributed by atoms with Gasteiger partial charge in [-0.1, -0.05) is 17.7 Å². The van der Waals surface area contributed by atoms with Gasteiger partial charge in [-0.2, -0.15) is 5.26 Å². The summed E-state index contributed by atoms with van der Waals surface area (Å²) in [4.78, 5) is 0. The van der Waals surface area contributed by atoms with E-state index in [0.717, 1.165) is 11.4 Å². The Morgan fingerprint density at radius 2 is 1.82 bits per heavy atom. The molecule has 2 aromatic carbocycles. The molecule has 0 fully saturated rings. The van der Waals surface area contributed by atoms with Gasteiger partial charge in [0.25, 0.3) is 0 Å². The first-order valence-electron chi connectivity index (χ1n) is 5.32. The Labute approximate surface area is 101 Å². The first-order valence-corrected chi connectivity index (χ1v) is 5.32. The summed E-state index contributed by atoms with van der Waals surface area (Å²) >= 11 is 0. The molecule has 3 N–H and O–H groups in total. The highest BCUT2D eigenvalue weighted by atomic mass is 14.9. The second-order valence-corrected chi connectivity index (χ2v) is 3.90. The lowest BCUT2D eigenvalue weighted by atomic mass is 10.1. The van der Waals surface area contributed by atoms with Gasteiger partial charge >= 0.3 is 0 Å². The third kappa shape index (κ3) is 2.56. The van der Waals surface area contributed by atoms with E-state index in [0.29, 0.717) is 11.3 Å². The van der Waals surface area contributed by atoms with E-state index in [4.69, 9.17) is 11.0 Å². The molecule has 0 atom stereocenters. The number of anilines is 3. The minimum Gasteiger partial charge on any atom is -0.397 e. The van der Waals surface area contributed by atoms with E-state index in [1.54, 1.807) is 12.1 Å². The highest BCUT2D eigenvalue weighted by molar-refractivity contribution is 5.73. The Kier molecular flexibility index (Phi) is 2.97. The topological polar surface area (TPSA) is 61.8 Å². The monoisotopic (exact) mass is 223 g/mol. The summed E-state index contributed by atoms with van der Waals surface area (Å²) in [6.07, 6.45) is 0. The molecule has 84 valence electrons. The second kappa shape index (κ2) is 4.58. The summed E-state index contributed by atoms with van der Waals surface area (Å²) < 4.78 is 0. The van der Waals surface area contributed by atoms with Crippen molar-refractivity contribution in [2.75, 3.05) is 11.1 Å². The van der Waals surface area contributed by atoms with Gasteiger partial charge < -0.3 is 11.1 Å². The molecule has 0 aliphatic heterocycles. The number of nitriles is 1. The highest BCUT2D eigenvalue weighted by Crippen LogP contribution is 2.24. The number of rotatable bonds is 2. The van der Waals surface area contributed by atoms with Gasteiger partial charge in [0.1, 0.15) is 0 Å². The SMILES string of the molecule is Cc1ccc(Nc2ccc(C#N)cc2N)cc1. The van der Waals surface area contributed by atoms with E-state index < -0.39 is 0 Å².